The van der Waals surface area contributed by atoms with Crippen LogP contribution in [-0.2, 0) is 17.6 Å². The zero-order valence-electron chi connectivity index (χ0n) is 13.4. The standard InChI is InChI=1S/C20H23NO/c1-13(22)11-20(16-6-3-7-17(21)12-16)19-10-9-15-5-4-8-18(15)14(19)2/h3,6-7,9-10,12,20H,4-5,8,11,21H2,1-2H3. The average molecular weight is 293 g/mol. The van der Waals surface area contributed by atoms with Crippen LogP contribution in [0.15, 0.2) is 36.4 Å². The minimum atomic E-state index is 0.104. The smallest absolute Gasteiger partial charge is 0.130 e. The summed E-state index contributed by atoms with van der Waals surface area (Å²) in [5.74, 6) is 0.319. The van der Waals surface area contributed by atoms with Crippen LogP contribution in [0.1, 0.15) is 53.5 Å². The van der Waals surface area contributed by atoms with Gasteiger partial charge in [-0.05, 0) is 73.1 Å². The van der Waals surface area contributed by atoms with E-state index in [4.69, 9.17) is 5.73 Å². The van der Waals surface area contributed by atoms with Crippen molar-refractivity contribution in [1.29, 1.82) is 0 Å². The van der Waals surface area contributed by atoms with Crippen LogP contribution in [-0.4, -0.2) is 5.78 Å². The van der Waals surface area contributed by atoms with Crippen molar-refractivity contribution in [3.05, 3.63) is 64.2 Å². The predicted molar refractivity (Wildman–Crippen MR) is 91.2 cm³/mol. The minimum Gasteiger partial charge on any atom is -0.399 e. The number of carbonyl (C=O) groups is 1. The maximum absolute atomic E-state index is 11.8. The SMILES string of the molecule is CC(=O)CC(c1cccc(N)c1)c1ccc2c(c1C)CCC2. The van der Waals surface area contributed by atoms with Crippen molar-refractivity contribution in [2.45, 2.75) is 45.4 Å². The van der Waals surface area contributed by atoms with Crippen LogP contribution < -0.4 is 5.73 Å². The molecular weight excluding hydrogens is 270 g/mol. The van der Waals surface area contributed by atoms with Gasteiger partial charge in [0.2, 0.25) is 0 Å². The third-order valence-corrected chi connectivity index (χ3v) is 4.79. The molecule has 3 rings (SSSR count). The number of anilines is 1. The van der Waals surface area contributed by atoms with Gasteiger partial charge in [-0.25, -0.2) is 0 Å². The Bertz CT molecular complexity index is 718. The maximum atomic E-state index is 11.8. The molecule has 1 aliphatic rings. The van der Waals surface area contributed by atoms with Crippen molar-refractivity contribution in [3.8, 4) is 0 Å². The maximum Gasteiger partial charge on any atom is 0.130 e. The van der Waals surface area contributed by atoms with Gasteiger partial charge in [0.25, 0.3) is 0 Å². The Labute approximate surface area is 132 Å². The fourth-order valence-corrected chi connectivity index (χ4v) is 3.72. The summed E-state index contributed by atoms with van der Waals surface area (Å²) >= 11 is 0. The van der Waals surface area contributed by atoms with E-state index in [0.717, 1.165) is 11.3 Å². The molecule has 2 heteroatoms. The van der Waals surface area contributed by atoms with Crippen LogP contribution in [0.2, 0.25) is 0 Å². The van der Waals surface area contributed by atoms with E-state index in [1.165, 1.54) is 41.5 Å². The van der Waals surface area contributed by atoms with E-state index in [-0.39, 0.29) is 11.7 Å². The molecule has 0 amide bonds. The highest BCUT2D eigenvalue weighted by atomic mass is 16.1. The van der Waals surface area contributed by atoms with Crippen LogP contribution in [0.4, 0.5) is 5.69 Å². The fraction of sp³-hybridized carbons (Fsp3) is 0.350. The quantitative estimate of drug-likeness (QED) is 0.859. The average Bonchev–Trinajstić information content (AvgIpc) is 2.95. The van der Waals surface area contributed by atoms with Crippen LogP contribution in [0, 0.1) is 6.92 Å². The van der Waals surface area contributed by atoms with Crippen molar-refractivity contribution in [2.75, 3.05) is 5.73 Å². The lowest BCUT2D eigenvalue weighted by atomic mass is 9.83. The number of carbonyl (C=O) groups excluding carboxylic acids is 1. The van der Waals surface area contributed by atoms with Gasteiger partial charge in [-0.3, -0.25) is 4.79 Å². The van der Waals surface area contributed by atoms with Gasteiger partial charge in [0.1, 0.15) is 5.78 Å². The van der Waals surface area contributed by atoms with Gasteiger partial charge in [0, 0.05) is 18.0 Å². The molecular formula is C20H23NO. The molecule has 0 saturated heterocycles. The molecule has 0 bridgehead atoms. The minimum absolute atomic E-state index is 0.104. The van der Waals surface area contributed by atoms with E-state index < -0.39 is 0 Å². The van der Waals surface area contributed by atoms with E-state index in [2.05, 4.69) is 25.1 Å². The first-order valence-electron chi connectivity index (χ1n) is 8.02. The number of fused-ring (bicyclic) bond motifs is 1. The Morgan fingerprint density at radius 3 is 2.77 bits per heavy atom. The molecule has 2 N–H and O–H groups in total. The molecule has 1 aliphatic carbocycles. The zero-order valence-corrected chi connectivity index (χ0v) is 13.4. The normalized spacial score (nSPS) is 14.6. The lowest BCUT2D eigenvalue weighted by Crippen LogP contribution is -2.09. The number of rotatable bonds is 4. The molecule has 1 unspecified atom stereocenters. The topological polar surface area (TPSA) is 43.1 Å². The molecule has 1 atom stereocenters. The predicted octanol–water partition coefficient (Wildman–Crippen LogP) is 4.18. The van der Waals surface area contributed by atoms with E-state index >= 15 is 0 Å². The molecule has 0 radical (unpaired) electrons. The lowest BCUT2D eigenvalue weighted by molar-refractivity contribution is -0.117. The van der Waals surface area contributed by atoms with Crippen LogP contribution in [0.5, 0.6) is 0 Å². The molecule has 2 aromatic carbocycles. The number of nitrogens with two attached hydrogens (primary N) is 1. The van der Waals surface area contributed by atoms with Crippen molar-refractivity contribution >= 4 is 11.5 Å². The monoisotopic (exact) mass is 293 g/mol. The molecule has 0 heterocycles. The van der Waals surface area contributed by atoms with Crippen molar-refractivity contribution in [1.82, 2.24) is 0 Å². The Morgan fingerprint density at radius 1 is 1.23 bits per heavy atom. The third-order valence-electron chi connectivity index (χ3n) is 4.79. The van der Waals surface area contributed by atoms with Crippen molar-refractivity contribution < 1.29 is 4.79 Å². The summed E-state index contributed by atoms with van der Waals surface area (Å²) in [6.07, 6.45) is 4.13. The van der Waals surface area contributed by atoms with Crippen LogP contribution in [0.3, 0.4) is 0 Å². The molecule has 114 valence electrons. The first kappa shape index (κ1) is 14.8. The third kappa shape index (κ3) is 2.78. The summed E-state index contributed by atoms with van der Waals surface area (Å²) in [5, 5.41) is 0. The molecule has 0 fully saturated rings. The van der Waals surface area contributed by atoms with Crippen LogP contribution >= 0.6 is 0 Å². The summed E-state index contributed by atoms with van der Waals surface area (Å²) in [5.41, 5.74) is 13.5. The second kappa shape index (κ2) is 5.96. The molecule has 0 aliphatic heterocycles. The number of hydrogen-bond acceptors (Lipinski definition) is 2. The van der Waals surface area contributed by atoms with E-state index in [0.29, 0.717) is 6.42 Å². The lowest BCUT2D eigenvalue weighted by Gasteiger charge is -2.21. The summed E-state index contributed by atoms with van der Waals surface area (Å²) in [6, 6.07) is 12.4. The van der Waals surface area contributed by atoms with Crippen molar-refractivity contribution in [3.63, 3.8) is 0 Å². The Hall–Kier alpha value is -2.09. The van der Waals surface area contributed by atoms with E-state index in [1.807, 2.05) is 18.2 Å². The summed E-state index contributed by atoms with van der Waals surface area (Å²) in [4.78, 5) is 11.8. The van der Waals surface area contributed by atoms with Gasteiger partial charge in [-0.2, -0.15) is 0 Å². The number of nitrogen functional groups attached to an aromatic ring is 1. The molecule has 22 heavy (non-hydrogen) atoms. The summed E-state index contributed by atoms with van der Waals surface area (Å²) < 4.78 is 0. The van der Waals surface area contributed by atoms with Crippen molar-refractivity contribution in [2.24, 2.45) is 0 Å². The second-order valence-electron chi connectivity index (χ2n) is 6.40. The molecule has 0 aromatic heterocycles. The first-order chi connectivity index (χ1) is 10.6. The van der Waals surface area contributed by atoms with Gasteiger partial charge in [0.05, 0.1) is 0 Å². The van der Waals surface area contributed by atoms with Gasteiger partial charge < -0.3 is 5.73 Å². The largest absolute Gasteiger partial charge is 0.399 e. The van der Waals surface area contributed by atoms with Gasteiger partial charge >= 0.3 is 0 Å². The molecule has 0 spiro atoms. The number of benzene rings is 2. The van der Waals surface area contributed by atoms with Gasteiger partial charge in [-0.1, -0.05) is 24.3 Å². The van der Waals surface area contributed by atoms with Gasteiger partial charge in [0.15, 0.2) is 0 Å². The number of Topliss-reactive ketones (excluding diaryl/α,β-unsaturated/α-hetero) is 1. The highest BCUT2D eigenvalue weighted by Gasteiger charge is 2.22. The number of aryl methyl sites for hydroxylation is 1. The van der Waals surface area contributed by atoms with Gasteiger partial charge in [-0.15, -0.1) is 0 Å². The summed E-state index contributed by atoms with van der Waals surface area (Å²) in [6.45, 7) is 3.88. The molecule has 2 aromatic rings. The highest BCUT2D eigenvalue weighted by molar-refractivity contribution is 5.77. The van der Waals surface area contributed by atoms with E-state index in [9.17, 15) is 4.79 Å². The highest BCUT2D eigenvalue weighted by Crippen LogP contribution is 2.36. The number of hydrogen-bond donors (Lipinski definition) is 1. The Balaban J connectivity index is 2.09. The summed E-state index contributed by atoms with van der Waals surface area (Å²) in [7, 11) is 0. The van der Waals surface area contributed by atoms with E-state index in [1.54, 1.807) is 6.92 Å². The van der Waals surface area contributed by atoms with Crippen LogP contribution in [0.25, 0.3) is 0 Å². The molecule has 2 nitrogen and oxygen atoms in total. The second-order valence-corrected chi connectivity index (χ2v) is 6.40. The number of ketones is 1. The Morgan fingerprint density at radius 2 is 2.05 bits per heavy atom. The zero-order chi connectivity index (χ0) is 15.7. The Kier molecular flexibility index (Phi) is 4.02. The molecule has 0 saturated carbocycles. The fourth-order valence-electron chi connectivity index (χ4n) is 3.72. The first-order valence-corrected chi connectivity index (χ1v) is 8.02.